The predicted molar refractivity (Wildman–Crippen MR) is 61.0 cm³/mol. The van der Waals surface area contributed by atoms with Gasteiger partial charge in [0.15, 0.2) is 0 Å². The number of rotatable bonds is 2. The zero-order valence-corrected chi connectivity index (χ0v) is 11.2. The van der Waals surface area contributed by atoms with Gasteiger partial charge >= 0.3 is 0 Å². The fourth-order valence-corrected chi connectivity index (χ4v) is 3.54. The molecule has 1 fully saturated rings. The van der Waals surface area contributed by atoms with Crippen LogP contribution in [-0.4, -0.2) is 54.5 Å². The number of alkyl halides is 1. The third-order valence-corrected chi connectivity index (χ3v) is 5.95. The Hall–Kier alpha value is 0.350. The molecule has 0 amide bonds. The molecule has 0 spiro atoms. The maximum atomic E-state index is 11.6. The lowest BCUT2D eigenvalue weighted by atomic mass is 10.1. The molecular weight excluding hydrogens is 268 g/mol. The summed E-state index contributed by atoms with van der Waals surface area (Å²) in [5, 5.41) is 0. The van der Waals surface area contributed by atoms with Gasteiger partial charge in [0.1, 0.15) is 4.66 Å². The summed E-state index contributed by atoms with van der Waals surface area (Å²) in [6, 6.07) is 0.570. The second-order valence-electron chi connectivity index (χ2n) is 3.90. The Balaban J connectivity index is 2.77. The van der Waals surface area contributed by atoms with Gasteiger partial charge in [-0.2, -0.15) is 4.31 Å². The normalized spacial score (nSPS) is 32.0. The topological polar surface area (TPSA) is 40.6 Å². The van der Waals surface area contributed by atoms with E-state index in [-0.39, 0.29) is 16.7 Å². The summed E-state index contributed by atoms with van der Waals surface area (Å²) in [5.41, 5.74) is 0. The van der Waals surface area contributed by atoms with Crippen molar-refractivity contribution in [1.29, 1.82) is 0 Å². The largest absolute Gasteiger partial charge is 0.298 e. The minimum Gasteiger partial charge on any atom is -0.298 e. The molecule has 84 valence electrons. The van der Waals surface area contributed by atoms with Gasteiger partial charge in [0.2, 0.25) is 10.0 Å². The number of likely N-dealkylation sites (N-methyl/N-ethyl adjacent to an activating group) is 1. The minimum atomic E-state index is -3.09. The van der Waals surface area contributed by atoms with Crippen LogP contribution in [0, 0.1) is 0 Å². The highest BCUT2D eigenvalue weighted by Gasteiger charge is 2.32. The summed E-state index contributed by atoms with van der Waals surface area (Å²) in [6.07, 6.45) is 0. The zero-order chi connectivity index (χ0) is 10.9. The first-order valence-electron chi connectivity index (χ1n) is 4.64. The van der Waals surface area contributed by atoms with Crippen LogP contribution in [0.2, 0.25) is 0 Å². The molecule has 0 aromatic heterocycles. The monoisotopic (exact) mass is 284 g/mol. The SMILES string of the molecule is CC1CN(S(=O)(=O)CBr)CC(C)N1C. The molecule has 2 atom stereocenters. The summed E-state index contributed by atoms with van der Waals surface area (Å²) < 4.78 is 24.8. The molecular formula is C8H17BrN2O2S. The average molecular weight is 285 g/mol. The van der Waals surface area contributed by atoms with Gasteiger partial charge in [-0.3, -0.25) is 4.90 Å². The molecule has 0 aromatic carbocycles. The van der Waals surface area contributed by atoms with Gasteiger partial charge in [-0.1, -0.05) is 15.9 Å². The van der Waals surface area contributed by atoms with Crippen LogP contribution in [0.4, 0.5) is 0 Å². The molecule has 6 heteroatoms. The van der Waals surface area contributed by atoms with Crippen LogP contribution in [-0.2, 0) is 10.0 Å². The molecule has 0 saturated carbocycles. The second kappa shape index (κ2) is 4.47. The van der Waals surface area contributed by atoms with E-state index in [1.807, 2.05) is 20.9 Å². The van der Waals surface area contributed by atoms with Gasteiger partial charge in [-0.05, 0) is 20.9 Å². The van der Waals surface area contributed by atoms with Gasteiger partial charge in [-0.15, -0.1) is 0 Å². The summed E-state index contributed by atoms with van der Waals surface area (Å²) in [6.45, 7) is 5.28. The Kier molecular flexibility index (Phi) is 3.96. The van der Waals surface area contributed by atoms with Crippen LogP contribution in [0.25, 0.3) is 0 Å². The summed E-state index contributed by atoms with van der Waals surface area (Å²) in [7, 11) is -1.05. The second-order valence-corrected chi connectivity index (χ2v) is 7.17. The standard InChI is InChI=1S/C8H17BrN2O2S/c1-7-4-11(14(12,13)6-9)5-8(2)10(7)3/h7-8H,4-6H2,1-3H3. The van der Waals surface area contributed by atoms with E-state index >= 15 is 0 Å². The van der Waals surface area contributed by atoms with Crippen LogP contribution in [0.3, 0.4) is 0 Å². The van der Waals surface area contributed by atoms with Crippen molar-refractivity contribution in [3.63, 3.8) is 0 Å². The fourth-order valence-electron chi connectivity index (χ4n) is 1.65. The lowest BCUT2D eigenvalue weighted by molar-refractivity contribution is 0.105. The quantitative estimate of drug-likeness (QED) is 0.701. The van der Waals surface area contributed by atoms with E-state index in [9.17, 15) is 8.42 Å². The molecule has 1 rings (SSSR count). The highest BCUT2D eigenvalue weighted by Crippen LogP contribution is 2.17. The molecule has 0 aliphatic carbocycles. The van der Waals surface area contributed by atoms with Crippen molar-refractivity contribution in [2.45, 2.75) is 25.9 Å². The van der Waals surface area contributed by atoms with E-state index in [4.69, 9.17) is 0 Å². The number of halogens is 1. The number of sulfonamides is 1. The van der Waals surface area contributed by atoms with E-state index in [0.29, 0.717) is 13.1 Å². The highest BCUT2D eigenvalue weighted by molar-refractivity contribution is 9.10. The number of hydrogen-bond acceptors (Lipinski definition) is 3. The molecule has 4 nitrogen and oxygen atoms in total. The van der Waals surface area contributed by atoms with Crippen LogP contribution in [0.15, 0.2) is 0 Å². The first-order chi connectivity index (χ1) is 6.38. The predicted octanol–water partition coefficient (Wildman–Crippen LogP) is 0.693. The van der Waals surface area contributed by atoms with Crippen LogP contribution < -0.4 is 0 Å². The molecule has 1 aliphatic heterocycles. The van der Waals surface area contributed by atoms with Gasteiger partial charge in [0.25, 0.3) is 0 Å². The van der Waals surface area contributed by atoms with Gasteiger partial charge in [0, 0.05) is 25.2 Å². The van der Waals surface area contributed by atoms with Gasteiger partial charge < -0.3 is 0 Å². The number of nitrogens with zero attached hydrogens (tertiary/aromatic N) is 2. The average Bonchev–Trinajstić information content (AvgIpc) is 2.13. The lowest BCUT2D eigenvalue weighted by Gasteiger charge is -2.41. The summed E-state index contributed by atoms with van der Waals surface area (Å²) in [4.78, 5) is 2.21. The first kappa shape index (κ1) is 12.4. The Morgan fingerprint density at radius 1 is 1.29 bits per heavy atom. The van der Waals surface area contributed by atoms with Crippen LogP contribution in [0.5, 0.6) is 0 Å². The molecule has 1 saturated heterocycles. The Morgan fingerprint density at radius 3 is 2.07 bits per heavy atom. The maximum Gasteiger partial charge on any atom is 0.224 e. The molecule has 1 aliphatic rings. The Morgan fingerprint density at radius 2 is 1.71 bits per heavy atom. The molecule has 0 aromatic rings. The number of hydrogen-bond donors (Lipinski definition) is 0. The van der Waals surface area contributed by atoms with Crippen molar-refractivity contribution in [2.75, 3.05) is 24.8 Å². The van der Waals surface area contributed by atoms with Crippen LogP contribution >= 0.6 is 15.9 Å². The summed E-state index contributed by atoms with van der Waals surface area (Å²) >= 11 is 3.02. The van der Waals surface area contributed by atoms with E-state index in [2.05, 4.69) is 20.8 Å². The summed E-state index contributed by atoms with van der Waals surface area (Å²) in [5.74, 6) is 0. The molecule has 0 bridgehead atoms. The zero-order valence-electron chi connectivity index (χ0n) is 8.77. The molecule has 0 N–H and O–H groups in total. The molecule has 2 unspecified atom stereocenters. The van der Waals surface area contributed by atoms with Crippen molar-refractivity contribution in [1.82, 2.24) is 9.21 Å². The number of piperazine rings is 1. The smallest absolute Gasteiger partial charge is 0.224 e. The van der Waals surface area contributed by atoms with Crippen molar-refractivity contribution >= 4 is 26.0 Å². The van der Waals surface area contributed by atoms with E-state index < -0.39 is 10.0 Å². The first-order valence-corrected chi connectivity index (χ1v) is 7.37. The maximum absolute atomic E-state index is 11.6. The van der Waals surface area contributed by atoms with E-state index in [1.54, 1.807) is 4.31 Å². The van der Waals surface area contributed by atoms with Crippen LogP contribution in [0.1, 0.15) is 13.8 Å². The van der Waals surface area contributed by atoms with Gasteiger partial charge in [0.05, 0.1) is 0 Å². The van der Waals surface area contributed by atoms with Crippen molar-refractivity contribution in [3.8, 4) is 0 Å². The van der Waals surface area contributed by atoms with Crippen molar-refractivity contribution < 1.29 is 8.42 Å². The van der Waals surface area contributed by atoms with E-state index in [1.165, 1.54) is 0 Å². The fraction of sp³-hybridized carbons (Fsp3) is 1.00. The highest BCUT2D eigenvalue weighted by atomic mass is 79.9. The minimum absolute atomic E-state index is 0.0170. The van der Waals surface area contributed by atoms with Crippen molar-refractivity contribution in [3.05, 3.63) is 0 Å². The Bertz CT molecular complexity index is 282. The molecule has 1 heterocycles. The molecule has 0 radical (unpaired) electrons. The third-order valence-electron chi connectivity index (χ3n) is 2.86. The lowest BCUT2D eigenvalue weighted by Crippen LogP contribution is -2.56. The van der Waals surface area contributed by atoms with E-state index in [0.717, 1.165) is 0 Å². The third kappa shape index (κ3) is 2.48. The van der Waals surface area contributed by atoms with Gasteiger partial charge in [-0.25, -0.2) is 8.42 Å². The Labute approximate surface area is 94.4 Å². The van der Waals surface area contributed by atoms with Crippen molar-refractivity contribution in [2.24, 2.45) is 0 Å². The molecule has 14 heavy (non-hydrogen) atoms.